The second-order valence-corrected chi connectivity index (χ2v) is 4.34. The van der Waals surface area contributed by atoms with Crippen molar-refractivity contribution in [3.8, 4) is 0 Å². The number of anilines is 1. The number of carbonyl (C=O) groups excluding carboxylic acids is 1. The summed E-state index contributed by atoms with van der Waals surface area (Å²) in [4.78, 5) is 20.5. The van der Waals surface area contributed by atoms with Crippen molar-refractivity contribution >= 4 is 17.3 Å². The molecule has 0 saturated heterocycles. The van der Waals surface area contributed by atoms with Gasteiger partial charge in [-0.1, -0.05) is 0 Å². The fourth-order valence-electron chi connectivity index (χ4n) is 1.66. The van der Waals surface area contributed by atoms with Gasteiger partial charge in [-0.3, -0.25) is 14.9 Å². The minimum absolute atomic E-state index is 0.00655. The fraction of sp³-hybridized carbons (Fsp3) is 0.417. The van der Waals surface area contributed by atoms with E-state index < -0.39 is 28.3 Å². The number of nitro benzene ring substituents is 1. The molecule has 6 nitrogen and oxygen atoms in total. The summed E-state index contributed by atoms with van der Waals surface area (Å²) in [5.74, 6) is -0.449. The molecule has 0 heterocycles. The van der Waals surface area contributed by atoms with E-state index in [1.807, 2.05) is 0 Å². The SMILES string of the molecule is NC(=O)CCCCNc1ccc(C(F)(F)F)cc1[N+](=O)[O-]. The number of benzene rings is 1. The van der Waals surface area contributed by atoms with E-state index in [-0.39, 0.29) is 12.1 Å². The summed E-state index contributed by atoms with van der Waals surface area (Å²) in [6.07, 6.45) is -3.43. The van der Waals surface area contributed by atoms with Crippen LogP contribution in [0.1, 0.15) is 24.8 Å². The van der Waals surface area contributed by atoms with E-state index in [9.17, 15) is 28.1 Å². The van der Waals surface area contributed by atoms with Crippen molar-refractivity contribution in [3.63, 3.8) is 0 Å². The predicted molar refractivity (Wildman–Crippen MR) is 69.6 cm³/mol. The summed E-state index contributed by atoms with van der Waals surface area (Å²) in [6, 6.07) is 2.29. The van der Waals surface area contributed by atoms with Crippen molar-refractivity contribution in [2.24, 2.45) is 5.73 Å². The summed E-state index contributed by atoms with van der Waals surface area (Å²) in [5, 5.41) is 13.5. The van der Waals surface area contributed by atoms with Gasteiger partial charge in [-0.2, -0.15) is 13.2 Å². The molecule has 3 N–H and O–H groups in total. The van der Waals surface area contributed by atoms with Crippen LogP contribution in [0.5, 0.6) is 0 Å². The number of carbonyl (C=O) groups is 1. The number of primary amides is 1. The normalized spacial score (nSPS) is 11.2. The summed E-state index contributed by atoms with van der Waals surface area (Å²) in [7, 11) is 0. The standard InChI is InChI=1S/C12H14F3N3O3/c13-12(14,15)8-4-5-9(10(7-8)18(20)21)17-6-2-1-3-11(16)19/h4-5,7,17H,1-3,6H2,(H2,16,19). The molecule has 116 valence electrons. The van der Waals surface area contributed by atoms with Crippen molar-refractivity contribution in [1.82, 2.24) is 0 Å². The minimum Gasteiger partial charge on any atom is -0.379 e. The molecular formula is C12H14F3N3O3. The van der Waals surface area contributed by atoms with E-state index >= 15 is 0 Å². The van der Waals surface area contributed by atoms with Crippen LogP contribution in [0, 0.1) is 10.1 Å². The summed E-state index contributed by atoms with van der Waals surface area (Å²) in [5.41, 5.74) is 3.24. The minimum atomic E-state index is -4.63. The average molecular weight is 305 g/mol. The summed E-state index contributed by atoms with van der Waals surface area (Å²) < 4.78 is 37.5. The molecule has 0 spiro atoms. The molecule has 21 heavy (non-hydrogen) atoms. The maximum Gasteiger partial charge on any atom is 0.416 e. The van der Waals surface area contributed by atoms with Crippen molar-refractivity contribution in [2.75, 3.05) is 11.9 Å². The van der Waals surface area contributed by atoms with Gasteiger partial charge in [0, 0.05) is 19.0 Å². The lowest BCUT2D eigenvalue weighted by molar-refractivity contribution is -0.384. The highest BCUT2D eigenvalue weighted by Crippen LogP contribution is 2.34. The van der Waals surface area contributed by atoms with Gasteiger partial charge in [0.2, 0.25) is 5.91 Å². The largest absolute Gasteiger partial charge is 0.416 e. The summed E-state index contributed by atoms with van der Waals surface area (Å²) in [6.45, 7) is 0.291. The lowest BCUT2D eigenvalue weighted by Gasteiger charge is -2.10. The van der Waals surface area contributed by atoms with Crippen LogP contribution in [0.2, 0.25) is 0 Å². The van der Waals surface area contributed by atoms with Gasteiger partial charge in [0.05, 0.1) is 10.5 Å². The van der Waals surface area contributed by atoms with Crippen molar-refractivity contribution < 1.29 is 22.9 Å². The van der Waals surface area contributed by atoms with Gasteiger partial charge >= 0.3 is 6.18 Å². The Labute approximate surface area is 118 Å². The third-order valence-corrected chi connectivity index (χ3v) is 2.69. The quantitative estimate of drug-likeness (QED) is 0.459. The first kappa shape index (κ1) is 16.7. The second-order valence-electron chi connectivity index (χ2n) is 4.34. The highest BCUT2D eigenvalue weighted by atomic mass is 19.4. The monoisotopic (exact) mass is 305 g/mol. The van der Waals surface area contributed by atoms with Crippen LogP contribution >= 0.6 is 0 Å². The van der Waals surface area contributed by atoms with Gasteiger partial charge < -0.3 is 11.1 Å². The number of hydrogen-bond acceptors (Lipinski definition) is 4. The number of halogens is 3. The Kier molecular flexibility index (Phi) is 5.51. The average Bonchev–Trinajstić information content (AvgIpc) is 2.36. The highest BCUT2D eigenvalue weighted by molar-refractivity contribution is 5.73. The number of nitrogens with zero attached hydrogens (tertiary/aromatic N) is 1. The molecule has 9 heteroatoms. The number of alkyl halides is 3. The smallest absolute Gasteiger partial charge is 0.379 e. The molecule has 0 aliphatic carbocycles. The van der Waals surface area contributed by atoms with Crippen LogP contribution in [0.3, 0.4) is 0 Å². The second kappa shape index (κ2) is 6.91. The molecule has 1 aromatic carbocycles. The Morgan fingerprint density at radius 2 is 2.00 bits per heavy atom. The molecule has 0 aliphatic heterocycles. The lowest BCUT2D eigenvalue weighted by atomic mass is 10.1. The zero-order valence-corrected chi connectivity index (χ0v) is 10.9. The van der Waals surface area contributed by atoms with Gasteiger partial charge in [-0.05, 0) is 25.0 Å². The van der Waals surface area contributed by atoms with Crippen LogP contribution in [-0.2, 0) is 11.0 Å². The Bertz CT molecular complexity index is 532. The maximum absolute atomic E-state index is 12.5. The molecule has 0 aliphatic rings. The van der Waals surface area contributed by atoms with E-state index in [0.29, 0.717) is 25.5 Å². The molecular weight excluding hydrogens is 291 g/mol. The first-order valence-corrected chi connectivity index (χ1v) is 6.09. The number of nitrogens with two attached hydrogens (primary N) is 1. The van der Waals surface area contributed by atoms with Crippen LogP contribution in [0.25, 0.3) is 0 Å². The molecule has 0 fully saturated rings. The Morgan fingerprint density at radius 3 is 2.52 bits per heavy atom. The number of amides is 1. The molecule has 1 amide bonds. The van der Waals surface area contributed by atoms with E-state index in [1.165, 1.54) is 0 Å². The Balaban J connectivity index is 2.74. The van der Waals surface area contributed by atoms with Crippen LogP contribution in [0.4, 0.5) is 24.5 Å². The highest BCUT2D eigenvalue weighted by Gasteiger charge is 2.32. The summed E-state index contributed by atoms with van der Waals surface area (Å²) >= 11 is 0. The van der Waals surface area contributed by atoms with Gasteiger partial charge in [-0.15, -0.1) is 0 Å². The van der Waals surface area contributed by atoms with E-state index in [2.05, 4.69) is 5.32 Å². The first-order valence-electron chi connectivity index (χ1n) is 6.09. The number of hydrogen-bond donors (Lipinski definition) is 2. The third kappa shape index (κ3) is 5.28. The lowest BCUT2D eigenvalue weighted by Crippen LogP contribution is -2.11. The molecule has 0 atom stereocenters. The van der Waals surface area contributed by atoms with Gasteiger partial charge in [-0.25, -0.2) is 0 Å². The fourth-order valence-corrected chi connectivity index (χ4v) is 1.66. The van der Waals surface area contributed by atoms with Crippen LogP contribution in [0.15, 0.2) is 18.2 Å². The van der Waals surface area contributed by atoms with E-state index in [4.69, 9.17) is 5.73 Å². The van der Waals surface area contributed by atoms with Crippen LogP contribution in [-0.4, -0.2) is 17.4 Å². The molecule has 0 aromatic heterocycles. The van der Waals surface area contributed by atoms with Crippen molar-refractivity contribution in [2.45, 2.75) is 25.4 Å². The Hall–Kier alpha value is -2.32. The zero-order valence-electron chi connectivity index (χ0n) is 10.9. The number of nitrogens with one attached hydrogen (secondary N) is 1. The predicted octanol–water partition coefficient (Wildman–Crippen LogP) is 2.68. The van der Waals surface area contributed by atoms with Gasteiger partial charge in [0.1, 0.15) is 5.69 Å². The molecule has 0 radical (unpaired) electrons. The maximum atomic E-state index is 12.5. The van der Waals surface area contributed by atoms with Gasteiger partial charge in [0.15, 0.2) is 0 Å². The molecule has 0 unspecified atom stereocenters. The third-order valence-electron chi connectivity index (χ3n) is 2.69. The Morgan fingerprint density at radius 1 is 1.33 bits per heavy atom. The molecule has 1 rings (SSSR count). The van der Waals surface area contributed by atoms with E-state index in [1.54, 1.807) is 0 Å². The molecule has 0 bridgehead atoms. The molecule has 0 saturated carbocycles. The van der Waals surface area contributed by atoms with Crippen molar-refractivity contribution in [1.29, 1.82) is 0 Å². The zero-order chi connectivity index (χ0) is 16.0. The van der Waals surface area contributed by atoms with Crippen molar-refractivity contribution in [3.05, 3.63) is 33.9 Å². The van der Waals surface area contributed by atoms with E-state index in [0.717, 1.165) is 12.1 Å². The number of unbranched alkanes of at least 4 members (excludes halogenated alkanes) is 1. The topological polar surface area (TPSA) is 98.3 Å². The van der Waals surface area contributed by atoms with Gasteiger partial charge in [0.25, 0.3) is 5.69 Å². The molecule has 1 aromatic rings. The van der Waals surface area contributed by atoms with Crippen LogP contribution < -0.4 is 11.1 Å². The number of nitro groups is 1. The first-order chi connectivity index (χ1) is 9.71. The number of rotatable bonds is 7.